The number of hydrogen-bond acceptors (Lipinski definition) is 3. The molecular weight excluding hydrogens is 398 g/mol. The van der Waals surface area contributed by atoms with Crippen LogP contribution in [-0.4, -0.2) is 20.7 Å². The van der Waals surface area contributed by atoms with Gasteiger partial charge in [0, 0.05) is 17.3 Å². The van der Waals surface area contributed by atoms with Crippen LogP contribution in [0.5, 0.6) is 0 Å². The lowest BCUT2D eigenvalue weighted by Gasteiger charge is -2.07. The molecule has 2 aromatic carbocycles. The molecule has 8 heteroatoms. The third-order valence-corrected chi connectivity index (χ3v) is 4.75. The maximum Gasteiger partial charge on any atom is 0.246 e. The van der Waals surface area contributed by atoms with Gasteiger partial charge in [0.25, 0.3) is 0 Å². The van der Waals surface area contributed by atoms with E-state index >= 15 is 0 Å². The summed E-state index contributed by atoms with van der Waals surface area (Å²) in [6.07, 6.45) is 1.62. The number of pyridine rings is 1. The van der Waals surface area contributed by atoms with E-state index in [1.54, 1.807) is 18.3 Å². The number of anilines is 1. The molecule has 5 nitrogen and oxygen atoms in total. The average molecular weight is 413 g/mol. The van der Waals surface area contributed by atoms with Gasteiger partial charge >= 0.3 is 0 Å². The van der Waals surface area contributed by atoms with Crippen molar-refractivity contribution in [3.05, 3.63) is 77.1 Å². The maximum atomic E-state index is 13.3. The van der Waals surface area contributed by atoms with Gasteiger partial charge < -0.3 is 5.32 Å². The van der Waals surface area contributed by atoms with Crippen LogP contribution in [0.3, 0.4) is 0 Å². The molecular formula is C21H15ClF2N4O. The molecule has 2 aromatic heterocycles. The fraction of sp³-hybridized carbons (Fsp3) is 0.0952. The standard InChI is InChI=1S/C21H15ClF2N4O/c1-12-20-16(13-2-4-14(23)5-3-13)8-9-25-21(20)28(27-12)11-19(29)26-15-6-7-18(24)17(22)10-15/h2-10H,11H2,1H3,(H,26,29). The second-order valence-corrected chi connectivity index (χ2v) is 6.89. The van der Waals surface area contributed by atoms with Crippen molar-refractivity contribution in [3.8, 4) is 11.1 Å². The molecule has 1 amide bonds. The Morgan fingerprint density at radius 2 is 1.90 bits per heavy atom. The molecule has 0 saturated heterocycles. The van der Waals surface area contributed by atoms with Crippen molar-refractivity contribution >= 4 is 34.2 Å². The third-order valence-electron chi connectivity index (χ3n) is 4.46. The van der Waals surface area contributed by atoms with Crippen LogP contribution in [0.1, 0.15) is 5.69 Å². The van der Waals surface area contributed by atoms with Crippen LogP contribution < -0.4 is 5.32 Å². The Labute approximate surface area is 169 Å². The van der Waals surface area contributed by atoms with E-state index in [0.717, 1.165) is 16.5 Å². The molecule has 0 fully saturated rings. The summed E-state index contributed by atoms with van der Waals surface area (Å²) < 4.78 is 28.0. The summed E-state index contributed by atoms with van der Waals surface area (Å²) in [7, 11) is 0. The Morgan fingerprint density at radius 1 is 1.14 bits per heavy atom. The maximum absolute atomic E-state index is 13.3. The molecule has 0 aliphatic rings. The number of carbonyl (C=O) groups is 1. The first-order valence-corrected chi connectivity index (χ1v) is 9.13. The minimum Gasteiger partial charge on any atom is -0.324 e. The fourth-order valence-corrected chi connectivity index (χ4v) is 3.35. The minimum absolute atomic E-state index is 0.0752. The quantitative estimate of drug-likeness (QED) is 0.514. The van der Waals surface area contributed by atoms with E-state index in [4.69, 9.17) is 11.6 Å². The summed E-state index contributed by atoms with van der Waals surface area (Å²) in [5, 5.41) is 7.82. The molecule has 0 aliphatic carbocycles. The Balaban J connectivity index is 1.64. The van der Waals surface area contributed by atoms with Crippen molar-refractivity contribution in [2.45, 2.75) is 13.5 Å². The normalized spacial score (nSPS) is 11.0. The van der Waals surface area contributed by atoms with E-state index < -0.39 is 5.82 Å². The summed E-state index contributed by atoms with van der Waals surface area (Å²) in [6, 6.07) is 11.9. The predicted octanol–water partition coefficient (Wildman–Crippen LogP) is 4.98. The lowest BCUT2D eigenvalue weighted by atomic mass is 10.0. The number of benzene rings is 2. The Kier molecular flexibility index (Phi) is 4.98. The van der Waals surface area contributed by atoms with E-state index in [-0.39, 0.29) is 23.3 Å². The number of rotatable bonds is 4. The minimum atomic E-state index is -0.559. The fourth-order valence-electron chi connectivity index (χ4n) is 3.17. The monoisotopic (exact) mass is 412 g/mol. The molecule has 1 N–H and O–H groups in total. The zero-order valence-corrected chi connectivity index (χ0v) is 16.0. The van der Waals surface area contributed by atoms with Crippen LogP contribution in [0, 0.1) is 18.6 Å². The van der Waals surface area contributed by atoms with Crippen LogP contribution in [-0.2, 0) is 11.3 Å². The Morgan fingerprint density at radius 3 is 2.62 bits per heavy atom. The average Bonchev–Trinajstić information content (AvgIpc) is 3.01. The lowest BCUT2D eigenvalue weighted by Crippen LogP contribution is -2.19. The first kappa shape index (κ1) is 19.0. The SMILES string of the molecule is Cc1nn(CC(=O)Nc2ccc(F)c(Cl)c2)c2nccc(-c3ccc(F)cc3)c12. The zero-order chi connectivity index (χ0) is 20.5. The molecule has 2 heterocycles. The number of aromatic nitrogens is 3. The number of nitrogens with one attached hydrogen (secondary N) is 1. The second kappa shape index (κ2) is 7.60. The van der Waals surface area contributed by atoms with Crippen molar-refractivity contribution in [2.24, 2.45) is 0 Å². The van der Waals surface area contributed by atoms with Gasteiger partial charge in [-0.3, -0.25) is 4.79 Å². The van der Waals surface area contributed by atoms with Gasteiger partial charge in [-0.1, -0.05) is 23.7 Å². The van der Waals surface area contributed by atoms with Crippen LogP contribution in [0.4, 0.5) is 14.5 Å². The van der Waals surface area contributed by atoms with E-state index in [2.05, 4.69) is 15.4 Å². The van der Waals surface area contributed by atoms with E-state index in [0.29, 0.717) is 17.0 Å². The van der Waals surface area contributed by atoms with Gasteiger partial charge in [-0.15, -0.1) is 0 Å². The summed E-state index contributed by atoms with van der Waals surface area (Å²) in [4.78, 5) is 16.8. The lowest BCUT2D eigenvalue weighted by molar-refractivity contribution is -0.116. The topological polar surface area (TPSA) is 59.8 Å². The van der Waals surface area contributed by atoms with Crippen molar-refractivity contribution in [1.82, 2.24) is 14.8 Å². The van der Waals surface area contributed by atoms with Crippen LogP contribution in [0.15, 0.2) is 54.7 Å². The summed E-state index contributed by atoms with van der Waals surface area (Å²) >= 11 is 5.75. The highest BCUT2D eigenvalue weighted by atomic mass is 35.5. The first-order chi connectivity index (χ1) is 13.9. The number of halogens is 3. The van der Waals surface area contributed by atoms with Crippen molar-refractivity contribution in [3.63, 3.8) is 0 Å². The van der Waals surface area contributed by atoms with E-state index in [9.17, 15) is 13.6 Å². The number of carbonyl (C=O) groups excluding carboxylic acids is 1. The summed E-state index contributed by atoms with van der Waals surface area (Å²) in [5.74, 6) is -1.23. The van der Waals surface area contributed by atoms with Gasteiger partial charge in [-0.25, -0.2) is 18.4 Å². The van der Waals surface area contributed by atoms with Gasteiger partial charge in [-0.2, -0.15) is 5.10 Å². The largest absolute Gasteiger partial charge is 0.324 e. The van der Waals surface area contributed by atoms with Gasteiger partial charge in [0.05, 0.1) is 10.7 Å². The van der Waals surface area contributed by atoms with E-state index in [1.165, 1.54) is 35.0 Å². The number of fused-ring (bicyclic) bond motifs is 1. The Hall–Kier alpha value is -3.32. The smallest absolute Gasteiger partial charge is 0.246 e. The zero-order valence-electron chi connectivity index (χ0n) is 15.3. The molecule has 146 valence electrons. The van der Waals surface area contributed by atoms with Gasteiger partial charge in [0.1, 0.15) is 18.2 Å². The van der Waals surface area contributed by atoms with E-state index in [1.807, 2.05) is 13.0 Å². The highest BCUT2D eigenvalue weighted by Crippen LogP contribution is 2.30. The van der Waals surface area contributed by atoms with Gasteiger partial charge in [-0.05, 0) is 54.4 Å². The molecule has 0 radical (unpaired) electrons. The molecule has 0 saturated carbocycles. The van der Waals surface area contributed by atoms with Crippen LogP contribution in [0.2, 0.25) is 5.02 Å². The number of amides is 1. The van der Waals surface area contributed by atoms with Gasteiger partial charge in [0.2, 0.25) is 5.91 Å². The highest BCUT2D eigenvalue weighted by Gasteiger charge is 2.16. The number of aryl methyl sites for hydroxylation is 1. The molecule has 0 unspecified atom stereocenters. The van der Waals surface area contributed by atoms with Crippen LogP contribution in [0.25, 0.3) is 22.2 Å². The summed E-state index contributed by atoms with van der Waals surface area (Å²) in [5.41, 5.74) is 3.30. The van der Waals surface area contributed by atoms with Crippen LogP contribution >= 0.6 is 11.6 Å². The molecule has 4 rings (SSSR count). The highest BCUT2D eigenvalue weighted by molar-refractivity contribution is 6.31. The van der Waals surface area contributed by atoms with Crippen molar-refractivity contribution in [2.75, 3.05) is 5.32 Å². The second-order valence-electron chi connectivity index (χ2n) is 6.48. The Bertz CT molecular complexity index is 1220. The third kappa shape index (κ3) is 3.82. The molecule has 0 aliphatic heterocycles. The number of nitrogens with zero attached hydrogens (tertiary/aromatic N) is 3. The van der Waals surface area contributed by atoms with Crippen molar-refractivity contribution < 1.29 is 13.6 Å². The molecule has 0 spiro atoms. The molecule has 0 atom stereocenters. The van der Waals surface area contributed by atoms with Gasteiger partial charge in [0.15, 0.2) is 5.65 Å². The summed E-state index contributed by atoms with van der Waals surface area (Å²) in [6.45, 7) is 1.74. The molecule has 0 bridgehead atoms. The molecule has 4 aromatic rings. The molecule has 29 heavy (non-hydrogen) atoms. The predicted molar refractivity (Wildman–Crippen MR) is 108 cm³/mol. The van der Waals surface area contributed by atoms with Crippen molar-refractivity contribution in [1.29, 1.82) is 0 Å². The number of hydrogen-bond donors (Lipinski definition) is 1. The first-order valence-electron chi connectivity index (χ1n) is 8.75.